The van der Waals surface area contributed by atoms with E-state index < -0.39 is 17.8 Å². The Labute approximate surface area is 215 Å². The normalized spacial score (nSPS) is 12.5. The van der Waals surface area contributed by atoms with Crippen molar-refractivity contribution in [3.63, 3.8) is 0 Å². The van der Waals surface area contributed by atoms with Crippen molar-refractivity contribution in [2.24, 2.45) is 0 Å². The maximum Gasteiger partial charge on any atom is 0.407 e. The summed E-state index contributed by atoms with van der Waals surface area (Å²) in [6, 6.07) is 20.5. The number of aliphatic hydroxyl groups is 1. The van der Waals surface area contributed by atoms with Crippen LogP contribution in [0.3, 0.4) is 0 Å². The first-order chi connectivity index (χ1) is 17.3. The zero-order valence-corrected chi connectivity index (χ0v) is 21.8. The largest absolute Gasteiger partial charge is 0.444 e. The molecule has 8 heteroatoms. The number of nitrogens with one attached hydrogen (secondary N) is 2. The summed E-state index contributed by atoms with van der Waals surface area (Å²) in [5.41, 5.74) is 1.81. The number of hydrogen-bond donors (Lipinski definition) is 3. The van der Waals surface area contributed by atoms with E-state index in [1.807, 2.05) is 57.2 Å². The smallest absolute Gasteiger partial charge is 0.407 e. The van der Waals surface area contributed by atoms with Crippen LogP contribution in [0.2, 0.25) is 0 Å². The van der Waals surface area contributed by atoms with Crippen molar-refractivity contribution in [3.8, 4) is 0 Å². The lowest BCUT2D eigenvalue weighted by Crippen LogP contribution is -2.34. The van der Waals surface area contributed by atoms with Crippen LogP contribution in [-0.4, -0.2) is 75.6 Å². The third-order valence-corrected chi connectivity index (χ3v) is 5.08. The van der Waals surface area contributed by atoms with Gasteiger partial charge in [-0.25, -0.2) is 4.79 Å². The minimum absolute atomic E-state index is 0.0201. The predicted octanol–water partition coefficient (Wildman–Crippen LogP) is 3.69. The van der Waals surface area contributed by atoms with Gasteiger partial charge in [0.2, 0.25) is 0 Å². The van der Waals surface area contributed by atoms with Crippen LogP contribution in [0.5, 0.6) is 0 Å². The molecule has 0 heterocycles. The number of amides is 1. The van der Waals surface area contributed by atoms with Crippen LogP contribution in [0.4, 0.5) is 4.79 Å². The number of aliphatic hydroxyl groups excluding tert-OH is 1. The monoisotopic (exact) mass is 502 g/mol. The second-order valence-electron chi connectivity index (χ2n) is 9.37. The molecule has 0 spiro atoms. The number of benzene rings is 2. The van der Waals surface area contributed by atoms with E-state index >= 15 is 0 Å². The molecule has 0 aliphatic carbocycles. The first-order valence-electron chi connectivity index (χ1n) is 12.6. The molecular weight excluding hydrogens is 460 g/mol. The van der Waals surface area contributed by atoms with Gasteiger partial charge in [-0.05, 0) is 38.3 Å². The third-order valence-electron chi connectivity index (χ3n) is 5.08. The molecule has 0 saturated carbocycles. The molecule has 0 saturated heterocycles. The van der Waals surface area contributed by atoms with Crippen molar-refractivity contribution in [2.45, 2.75) is 44.9 Å². The Balaban J connectivity index is 1.48. The van der Waals surface area contributed by atoms with Crippen LogP contribution < -0.4 is 10.6 Å². The van der Waals surface area contributed by atoms with Gasteiger partial charge in [0, 0.05) is 19.7 Å². The van der Waals surface area contributed by atoms with E-state index in [2.05, 4.69) is 34.9 Å². The van der Waals surface area contributed by atoms with E-state index in [9.17, 15) is 9.90 Å². The molecule has 36 heavy (non-hydrogen) atoms. The third kappa shape index (κ3) is 13.6. The summed E-state index contributed by atoms with van der Waals surface area (Å²) >= 11 is 0. The highest BCUT2D eigenvalue weighted by Crippen LogP contribution is 2.21. The lowest BCUT2D eigenvalue weighted by atomic mass is 9.98. The second kappa shape index (κ2) is 17.1. The predicted molar refractivity (Wildman–Crippen MR) is 140 cm³/mol. The van der Waals surface area contributed by atoms with Gasteiger partial charge < -0.3 is 34.7 Å². The Morgan fingerprint density at radius 2 is 1.31 bits per heavy atom. The maximum atomic E-state index is 11.5. The fraction of sp³-hybridized carbons (Fsp3) is 0.536. The van der Waals surface area contributed by atoms with Gasteiger partial charge in [-0.2, -0.15) is 0 Å². The molecule has 0 aliphatic rings. The van der Waals surface area contributed by atoms with Crippen LogP contribution >= 0.6 is 0 Å². The highest BCUT2D eigenvalue weighted by Gasteiger charge is 2.16. The van der Waals surface area contributed by atoms with Gasteiger partial charge in [0.25, 0.3) is 0 Å². The van der Waals surface area contributed by atoms with E-state index in [0.717, 1.165) is 11.1 Å². The van der Waals surface area contributed by atoms with Gasteiger partial charge in [0.1, 0.15) is 5.60 Å². The fourth-order valence-corrected chi connectivity index (χ4v) is 3.38. The minimum atomic E-state index is -0.511. The van der Waals surface area contributed by atoms with E-state index in [4.69, 9.17) is 18.9 Å². The first-order valence-corrected chi connectivity index (χ1v) is 12.6. The standard InChI is InChI=1S/C28H42N2O6/c1-28(2,3)36-27(32)29-15-17-34-19-21-35-20-18-33-16-14-25(31)22-30-26(23-10-6-4-7-11-23)24-12-8-5-9-13-24/h4-13,25-26,30-31H,14-22H2,1-3H3,(H,29,32). The van der Waals surface area contributed by atoms with Crippen molar-refractivity contribution in [3.05, 3.63) is 71.8 Å². The summed E-state index contributed by atoms with van der Waals surface area (Å²) < 4.78 is 21.6. The molecule has 0 aliphatic heterocycles. The summed E-state index contributed by atoms with van der Waals surface area (Å²) in [4.78, 5) is 11.5. The van der Waals surface area contributed by atoms with E-state index in [-0.39, 0.29) is 6.04 Å². The molecule has 1 atom stereocenters. The van der Waals surface area contributed by atoms with Crippen molar-refractivity contribution in [1.29, 1.82) is 0 Å². The zero-order chi connectivity index (χ0) is 26.1. The molecule has 0 aromatic heterocycles. The highest BCUT2D eigenvalue weighted by molar-refractivity contribution is 5.67. The molecule has 200 valence electrons. The lowest BCUT2D eigenvalue weighted by molar-refractivity contribution is 0.00759. The summed E-state index contributed by atoms with van der Waals surface area (Å²) in [5, 5.41) is 16.5. The zero-order valence-electron chi connectivity index (χ0n) is 21.8. The van der Waals surface area contributed by atoms with Crippen molar-refractivity contribution in [1.82, 2.24) is 10.6 Å². The summed E-state index contributed by atoms with van der Waals surface area (Å²) in [6.07, 6.45) is -0.423. The maximum absolute atomic E-state index is 11.5. The van der Waals surface area contributed by atoms with Gasteiger partial charge in [0.05, 0.1) is 45.2 Å². The first kappa shape index (κ1) is 29.7. The Morgan fingerprint density at radius 3 is 1.83 bits per heavy atom. The van der Waals surface area contributed by atoms with Gasteiger partial charge in [-0.1, -0.05) is 60.7 Å². The van der Waals surface area contributed by atoms with Gasteiger partial charge >= 0.3 is 6.09 Å². The Bertz CT molecular complexity index is 789. The minimum Gasteiger partial charge on any atom is -0.444 e. The molecule has 2 rings (SSSR count). The van der Waals surface area contributed by atoms with Crippen molar-refractivity contribution >= 4 is 6.09 Å². The highest BCUT2D eigenvalue weighted by atomic mass is 16.6. The van der Waals surface area contributed by atoms with E-state index in [0.29, 0.717) is 59.2 Å². The number of carbonyl (C=O) groups is 1. The summed E-state index contributed by atoms with van der Waals surface area (Å²) in [7, 11) is 0. The molecular formula is C28H42N2O6. The Hall–Kier alpha value is -2.49. The van der Waals surface area contributed by atoms with Crippen molar-refractivity contribution in [2.75, 3.05) is 52.7 Å². The second-order valence-corrected chi connectivity index (χ2v) is 9.37. The average molecular weight is 503 g/mol. The molecule has 0 bridgehead atoms. The van der Waals surface area contributed by atoms with Gasteiger partial charge in [0.15, 0.2) is 0 Å². The van der Waals surface area contributed by atoms with E-state index in [1.54, 1.807) is 0 Å². The van der Waals surface area contributed by atoms with E-state index in [1.165, 1.54) is 0 Å². The Kier molecular flexibility index (Phi) is 14.1. The number of hydrogen-bond acceptors (Lipinski definition) is 7. The molecule has 2 aromatic carbocycles. The molecule has 0 radical (unpaired) electrons. The van der Waals surface area contributed by atoms with Crippen LogP contribution in [0.15, 0.2) is 60.7 Å². The molecule has 1 unspecified atom stereocenters. The number of carbonyl (C=O) groups excluding carboxylic acids is 1. The van der Waals surface area contributed by atoms with Crippen LogP contribution in [0.1, 0.15) is 44.4 Å². The molecule has 2 aromatic rings. The molecule has 8 nitrogen and oxygen atoms in total. The molecule has 1 amide bonds. The summed E-state index contributed by atoms with van der Waals surface area (Å²) in [6.45, 7) is 8.94. The SMILES string of the molecule is CC(C)(C)OC(=O)NCCOCCOCCOCCC(O)CNC(c1ccccc1)c1ccccc1. The average Bonchev–Trinajstić information content (AvgIpc) is 2.85. The van der Waals surface area contributed by atoms with Crippen molar-refractivity contribution < 1.29 is 28.8 Å². The van der Waals surface area contributed by atoms with Crippen LogP contribution in [0.25, 0.3) is 0 Å². The Morgan fingerprint density at radius 1 is 0.806 bits per heavy atom. The topological polar surface area (TPSA) is 98.3 Å². The summed E-state index contributed by atoms with van der Waals surface area (Å²) in [5.74, 6) is 0. The fourth-order valence-electron chi connectivity index (χ4n) is 3.38. The lowest BCUT2D eigenvalue weighted by Gasteiger charge is -2.22. The number of rotatable bonds is 17. The molecule has 0 fully saturated rings. The van der Waals surface area contributed by atoms with Gasteiger partial charge in [-0.15, -0.1) is 0 Å². The quantitative estimate of drug-likeness (QED) is 0.284. The van der Waals surface area contributed by atoms with Crippen LogP contribution in [-0.2, 0) is 18.9 Å². The molecule has 3 N–H and O–H groups in total. The number of ether oxygens (including phenoxy) is 4. The number of alkyl carbamates (subject to hydrolysis) is 1. The van der Waals surface area contributed by atoms with Gasteiger partial charge in [-0.3, -0.25) is 0 Å². The van der Waals surface area contributed by atoms with Crippen LogP contribution in [0, 0.1) is 0 Å².